The Hall–Kier alpha value is 0.584. The van der Waals surface area contributed by atoms with E-state index < -0.39 is 0 Å². The van der Waals surface area contributed by atoms with E-state index in [1.54, 1.807) is 3.81 Å². The molecule has 0 aromatic rings. The van der Waals surface area contributed by atoms with Crippen molar-refractivity contribution in [2.75, 3.05) is 0 Å². The van der Waals surface area contributed by atoms with Crippen LogP contribution in [0.2, 0.25) is 0 Å². The molecule has 0 saturated heterocycles. The molecule has 0 aromatic heterocycles. The normalized spacial score (nSPS) is 13.6. The van der Waals surface area contributed by atoms with Crippen LogP contribution >= 0.6 is 0 Å². The second-order valence-electron chi connectivity index (χ2n) is 4.88. The molecule has 0 aromatic carbocycles. The standard InChI is InChI=1S/C9H18.Ti/c1-8(2,3)7-9(4,5)6;/h1-6H3;/q;+2. The van der Waals surface area contributed by atoms with Crippen LogP contribution in [0.25, 0.3) is 0 Å². The van der Waals surface area contributed by atoms with Gasteiger partial charge >= 0.3 is 76.2 Å². The summed E-state index contributed by atoms with van der Waals surface area (Å²) >= 11 is 2.25. The molecule has 0 radical (unpaired) electrons. The van der Waals surface area contributed by atoms with Crippen molar-refractivity contribution in [3.05, 3.63) is 0 Å². The summed E-state index contributed by atoms with van der Waals surface area (Å²) in [5.41, 5.74) is 0.719. The van der Waals surface area contributed by atoms with E-state index in [0.717, 1.165) is 0 Å². The Bertz CT molecular complexity index is 116. The molecule has 0 fully saturated rings. The van der Waals surface area contributed by atoms with Crippen molar-refractivity contribution in [2.24, 2.45) is 10.8 Å². The molecule has 0 heterocycles. The Labute approximate surface area is 76.3 Å². The maximum absolute atomic E-state index is 2.27. The Balaban J connectivity index is 4.40. The van der Waals surface area contributed by atoms with E-state index >= 15 is 0 Å². The Morgan fingerprint density at radius 3 is 1.00 bits per heavy atom. The second kappa shape index (κ2) is 2.91. The molecule has 0 rings (SSSR count). The van der Waals surface area contributed by atoms with Crippen LogP contribution in [0.3, 0.4) is 0 Å². The fraction of sp³-hybridized carbons (Fsp3) is 0.889. The number of rotatable bonds is 0. The average Bonchev–Trinajstić information content (AvgIpc) is 1.59. The Morgan fingerprint density at radius 1 is 0.800 bits per heavy atom. The van der Waals surface area contributed by atoms with Gasteiger partial charge < -0.3 is 0 Å². The SMILES string of the molecule is CC(C)(C)[C](=[Ti+2])C(C)(C)C. The summed E-state index contributed by atoms with van der Waals surface area (Å²) in [6, 6.07) is 0. The summed E-state index contributed by atoms with van der Waals surface area (Å²) in [5, 5.41) is 0. The molecule has 0 N–H and O–H groups in total. The van der Waals surface area contributed by atoms with Gasteiger partial charge in [-0.05, 0) is 0 Å². The van der Waals surface area contributed by atoms with Crippen LogP contribution in [-0.4, -0.2) is 3.81 Å². The maximum atomic E-state index is 2.27. The predicted octanol–water partition coefficient (Wildman–Crippen LogP) is 2.80. The van der Waals surface area contributed by atoms with Crippen molar-refractivity contribution in [3.63, 3.8) is 0 Å². The van der Waals surface area contributed by atoms with Crippen LogP contribution in [0.5, 0.6) is 0 Å². The quantitative estimate of drug-likeness (QED) is 0.495. The summed E-state index contributed by atoms with van der Waals surface area (Å²) in [7, 11) is 0. The molecule has 0 aliphatic rings. The topological polar surface area (TPSA) is 0 Å². The first-order valence-electron chi connectivity index (χ1n) is 3.75. The molecule has 0 aliphatic carbocycles. The van der Waals surface area contributed by atoms with Crippen molar-refractivity contribution >= 4 is 3.81 Å². The van der Waals surface area contributed by atoms with Gasteiger partial charge in [-0.2, -0.15) is 0 Å². The average molecular weight is 174 g/mol. The molecule has 0 saturated carbocycles. The van der Waals surface area contributed by atoms with Crippen molar-refractivity contribution in [1.29, 1.82) is 0 Å². The first kappa shape index (κ1) is 10.6. The van der Waals surface area contributed by atoms with Gasteiger partial charge in [0.25, 0.3) is 0 Å². The molecule has 0 spiro atoms. The van der Waals surface area contributed by atoms with E-state index in [9.17, 15) is 0 Å². The van der Waals surface area contributed by atoms with E-state index in [-0.39, 0.29) is 0 Å². The second-order valence-corrected chi connectivity index (χ2v) is 5.66. The molecule has 0 atom stereocenters. The van der Waals surface area contributed by atoms with Crippen LogP contribution < -0.4 is 0 Å². The van der Waals surface area contributed by atoms with Gasteiger partial charge in [-0.15, -0.1) is 0 Å². The molecule has 10 heavy (non-hydrogen) atoms. The zero-order valence-electron chi connectivity index (χ0n) is 8.00. The summed E-state index contributed by atoms with van der Waals surface area (Å²) in [4.78, 5) is 0. The summed E-state index contributed by atoms with van der Waals surface area (Å²) in [5.74, 6) is 0. The van der Waals surface area contributed by atoms with Gasteiger partial charge in [0.2, 0.25) is 0 Å². The van der Waals surface area contributed by atoms with Crippen molar-refractivity contribution in [1.82, 2.24) is 0 Å². The van der Waals surface area contributed by atoms with E-state index in [2.05, 4.69) is 61.5 Å². The molecule has 56 valence electrons. The van der Waals surface area contributed by atoms with E-state index in [1.807, 2.05) is 0 Å². The van der Waals surface area contributed by atoms with Crippen molar-refractivity contribution in [3.8, 4) is 0 Å². The van der Waals surface area contributed by atoms with Crippen molar-refractivity contribution in [2.45, 2.75) is 41.5 Å². The van der Waals surface area contributed by atoms with Gasteiger partial charge in [-0.25, -0.2) is 0 Å². The first-order valence-corrected chi connectivity index (χ1v) is 4.53. The molecule has 1 heteroatoms. The number of hydrogen-bond acceptors (Lipinski definition) is 0. The van der Waals surface area contributed by atoms with E-state index in [1.165, 1.54) is 0 Å². The summed E-state index contributed by atoms with van der Waals surface area (Å²) < 4.78 is 1.57. The molecular formula is C9H18Ti+2. The van der Waals surface area contributed by atoms with Gasteiger partial charge in [0.1, 0.15) is 0 Å². The van der Waals surface area contributed by atoms with Crippen LogP contribution in [0, 0.1) is 10.8 Å². The Kier molecular flexibility index (Phi) is 3.08. The monoisotopic (exact) mass is 174 g/mol. The third-order valence-corrected chi connectivity index (χ3v) is 3.84. The summed E-state index contributed by atoms with van der Waals surface area (Å²) in [6.45, 7) is 13.6. The zero-order chi connectivity index (χ0) is 8.58. The molecule has 0 bridgehead atoms. The van der Waals surface area contributed by atoms with E-state index in [0.29, 0.717) is 10.8 Å². The van der Waals surface area contributed by atoms with Gasteiger partial charge in [0.15, 0.2) is 0 Å². The van der Waals surface area contributed by atoms with Gasteiger partial charge in [-0.1, -0.05) is 0 Å². The van der Waals surface area contributed by atoms with Gasteiger partial charge in [-0.3, -0.25) is 0 Å². The fourth-order valence-electron chi connectivity index (χ4n) is 1.12. The third kappa shape index (κ3) is 3.12. The fourth-order valence-corrected chi connectivity index (χ4v) is 1.12. The van der Waals surface area contributed by atoms with Crippen LogP contribution in [-0.2, 0) is 20.0 Å². The van der Waals surface area contributed by atoms with Gasteiger partial charge in [0, 0.05) is 0 Å². The minimum atomic E-state index is 0.359. The Morgan fingerprint density at radius 2 is 1.00 bits per heavy atom. The molecule has 0 amide bonds. The first-order chi connectivity index (χ1) is 4.15. The molecule has 0 unspecified atom stereocenters. The van der Waals surface area contributed by atoms with Gasteiger partial charge in [0.05, 0.1) is 0 Å². The zero-order valence-corrected chi connectivity index (χ0v) is 9.56. The van der Waals surface area contributed by atoms with E-state index in [4.69, 9.17) is 0 Å². The molecule has 0 aliphatic heterocycles. The summed E-state index contributed by atoms with van der Waals surface area (Å²) in [6.07, 6.45) is 0. The van der Waals surface area contributed by atoms with Crippen LogP contribution in [0.1, 0.15) is 41.5 Å². The van der Waals surface area contributed by atoms with Crippen LogP contribution in [0.15, 0.2) is 0 Å². The number of hydrogen-bond donors (Lipinski definition) is 0. The van der Waals surface area contributed by atoms with Crippen molar-refractivity contribution < 1.29 is 20.0 Å². The minimum absolute atomic E-state index is 0.359. The van der Waals surface area contributed by atoms with Crippen LogP contribution in [0.4, 0.5) is 0 Å². The predicted molar refractivity (Wildman–Crippen MR) is 43.9 cm³/mol. The molecule has 0 nitrogen and oxygen atoms in total. The molecular weight excluding hydrogens is 156 g/mol. The third-order valence-electron chi connectivity index (χ3n) is 1.50.